The lowest BCUT2D eigenvalue weighted by atomic mass is 10.1. The molecule has 2 aromatic carbocycles. The molecule has 0 saturated heterocycles. The van der Waals surface area contributed by atoms with Gasteiger partial charge in [0.2, 0.25) is 0 Å². The molecule has 2 rings (SSSR count). The van der Waals surface area contributed by atoms with E-state index in [1.54, 1.807) is 43.3 Å². The molecule has 0 fully saturated rings. The molecule has 0 spiro atoms. The number of carbonyl (C=O) groups is 1. The molecule has 0 bridgehead atoms. The predicted molar refractivity (Wildman–Crippen MR) is 87.8 cm³/mol. The molecule has 0 aliphatic heterocycles. The fourth-order valence-corrected chi connectivity index (χ4v) is 3.35. The van der Waals surface area contributed by atoms with Gasteiger partial charge in [0.25, 0.3) is 5.91 Å². The average Bonchev–Trinajstić information content (AvgIpc) is 2.53. The Labute approximate surface area is 136 Å². The molecule has 0 aliphatic rings. The summed E-state index contributed by atoms with van der Waals surface area (Å²) >= 11 is 0. The normalized spacial score (nSPS) is 13.3. The highest BCUT2D eigenvalue weighted by Gasteiger charge is 2.17. The summed E-state index contributed by atoms with van der Waals surface area (Å²) in [6, 6.07) is 13.3. The van der Waals surface area contributed by atoms with Gasteiger partial charge in [-0.3, -0.25) is 9.00 Å². The minimum Gasteiger partial charge on any atom is -0.484 e. The number of amides is 1. The van der Waals surface area contributed by atoms with E-state index in [0.29, 0.717) is 11.3 Å². The van der Waals surface area contributed by atoms with Gasteiger partial charge in [-0.2, -0.15) is 0 Å². The highest BCUT2D eigenvalue weighted by atomic mass is 32.2. The quantitative estimate of drug-likeness (QED) is 0.846. The summed E-state index contributed by atoms with van der Waals surface area (Å²) in [6.07, 6.45) is 0. The van der Waals surface area contributed by atoms with Crippen LogP contribution in [-0.4, -0.2) is 16.7 Å². The second kappa shape index (κ2) is 7.87. The van der Waals surface area contributed by atoms with E-state index in [4.69, 9.17) is 10.5 Å². The van der Waals surface area contributed by atoms with E-state index in [0.717, 1.165) is 5.56 Å². The van der Waals surface area contributed by atoms with Crippen molar-refractivity contribution in [3.05, 3.63) is 65.5 Å². The summed E-state index contributed by atoms with van der Waals surface area (Å²) in [4.78, 5) is 10.7. The fourth-order valence-electron chi connectivity index (χ4n) is 2.12. The number of hydrogen-bond acceptors (Lipinski definition) is 3. The number of halogens is 1. The van der Waals surface area contributed by atoms with E-state index in [1.807, 2.05) is 6.07 Å². The first-order chi connectivity index (χ1) is 11.0. The second-order valence-electron chi connectivity index (χ2n) is 5.09. The summed E-state index contributed by atoms with van der Waals surface area (Å²) in [5.74, 6) is -0.167. The third-order valence-corrected chi connectivity index (χ3v) is 4.99. The van der Waals surface area contributed by atoms with Gasteiger partial charge in [-0.25, -0.2) is 4.39 Å². The molecule has 23 heavy (non-hydrogen) atoms. The SMILES string of the molecule is C[C@@H](c1ccccc1F)[S@@](=O)Cc1cccc(OCC(N)=O)c1. The van der Waals surface area contributed by atoms with E-state index in [-0.39, 0.29) is 18.2 Å². The van der Waals surface area contributed by atoms with Crippen LogP contribution in [0.15, 0.2) is 48.5 Å². The number of rotatable bonds is 7. The van der Waals surface area contributed by atoms with Gasteiger partial charge >= 0.3 is 0 Å². The molecular weight excluding hydrogens is 317 g/mol. The van der Waals surface area contributed by atoms with Crippen molar-refractivity contribution in [1.29, 1.82) is 0 Å². The molecule has 4 nitrogen and oxygen atoms in total. The minimum atomic E-state index is -1.29. The van der Waals surface area contributed by atoms with Crippen molar-refractivity contribution >= 4 is 16.7 Å². The predicted octanol–water partition coefficient (Wildman–Crippen LogP) is 2.70. The maximum absolute atomic E-state index is 13.8. The van der Waals surface area contributed by atoms with Gasteiger partial charge in [0.05, 0.1) is 5.25 Å². The minimum absolute atomic E-state index is 0.210. The van der Waals surface area contributed by atoms with Crippen molar-refractivity contribution in [3.8, 4) is 5.75 Å². The molecule has 2 atom stereocenters. The summed E-state index contributed by atoms with van der Waals surface area (Å²) < 4.78 is 31.5. The van der Waals surface area contributed by atoms with Crippen LogP contribution in [-0.2, 0) is 21.3 Å². The molecule has 0 heterocycles. The van der Waals surface area contributed by atoms with Crippen LogP contribution >= 0.6 is 0 Å². The highest BCUT2D eigenvalue weighted by molar-refractivity contribution is 7.84. The smallest absolute Gasteiger partial charge is 0.255 e. The Bertz CT molecular complexity index is 720. The maximum atomic E-state index is 13.8. The van der Waals surface area contributed by atoms with Crippen molar-refractivity contribution in [2.75, 3.05) is 6.61 Å². The molecule has 2 aromatic rings. The lowest BCUT2D eigenvalue weighted by Gasteiger charge is -2.13. The number of primary amides is 1. The van der Waals surface area contributed by atoms with Crippen LogP contribution in [0.3, 0.4) is 0 Å². The number of nitrogens with two attached hydrogens (primary N) is 1. The molecule has 1 amide bonds. The molecule has 2 N–H and O–H groups in total. The van der Waals surface area contributed by atoms with Gasteiger partial charge < -0.3 is 10.5 Å². The van der Waals surface area contributed by atoms with Crippen LogP contribution in [0.1, 0.15) is 23.3 Å². The Kier molecular flexibility index (Phi) is 5.87. The van der Waals surface area contributed by atoms with E-state index < -0.39 is 22.0 Å². The van der Waals surface area contributed by atoms with Crippen LogP contribution in [0.5, 0.6) is 5.75 Å². The fraction of sp³-hybridized carbons (Fsp3) is 0.235. The third-order valence-electron chi connectivity index (χ3n) is 3.33. The Morgan fingerprint density at radius 1 is 1.26 bits per heavy atom. The highest BCUT2D eigenvalue weighted by Crippen LogP contribution is 2.25. The van der Waals surface area contributed by atoms with Crippen LogP contribution in [0.4, 0.5) is 4.39 Å². The van der Waals surface area contributed by atoms with Crippen LogP contribution in [0, 0.1) is 5.82 Å². The van der Waals surface area contributed by atoms with Gasteiger partial charge in [0, 0.05) is 22.1 Å². The summed E-state index contributed by atoms with van der Waals surface area (Å²) in [6.45, 7) is 1.53. The van der Waals surface area contributed by atoms with E-state index in [9.17, 15) is 13.4 Å². The Hall–Kier alpha value is -2.21. The van der Waals surface area contributed by atoms with Crippen LogP contribution in [0.25, 0.3) is 0 Å². The molecule has 6 heteroatoms. The van der Waals surface area contributed by atoms with E-state index >= 15 is 0 Å². The van der Waals surface area contributed by atoms with Gasteiger partial charge in [-0.1, -0.05) is 30.3 Å². The molecular formula is C17H18FNO3S. The van der Waals surface area contributed by atoms with Crippen molar-refractivity contribution in [1.82, 2.24) is 0 Å². The largest absolute Gasteiger partial charge is 0.484 e. The molecule has 0 aromatic heterocycles. The van der Waals surface area contributed by atoms with E-state index in [2.05, 4.69) is 0 Å². The average molecular weight is 335 g/mol. The zero-order chi connectivity index (χ0) is 16.8. The first-order valence-corrected chi connectivity index (χ1v) is 8.47. The summed E-state index contributed by atoms with van der Waals surface area (Å²) in [7, 11) is -1.29. The maximum Gasteiger partial charge on any atom is 0.255 e. The molecule has 0 aliphatic carbocycles. The number of benzene rings is 2. The van der Waals surface area contributed by atoms with Crippen LogP contribution < -0.4 is 10.5 Å². The zero-order valence-corrected chi connectivity index (χ0v) is 13.5. The topological polar surface area (TPSA) is 69.4 Å². The first kappa shape index (κ1) is 17.1. The molecule has 0 saturated carbocycles. The lowest BCUT2D eigenvalue weighted by molar-refractivity contribution is -0.119. The Balaban J connectivity index is 2.06. The number of ether oxygens (including phenoxy) is 1. The number of hydrogen-bond donors (Lipinski definition) is 1. The van der Waals surface area contributed by atoms with Gasteiger partial charge in [-0.05, 0) is 30.7 Å². The van der Waals surface area contributed by atoms with E-state index in [1.165, 1.54) is 6.07 Å². The van der Waals surface area contributed by atoms with Gasteiger partial charge in [0.1, 0.15) is 11.6 Å². The van der Waals surface area contributed by atoms with Crippen molar-refractivity contribution in [2.45, 2.75) is 17.9 Å². The second-order valence-corrected chi connectivity index (χ2v) is 6.85. The van der Waals surface area contributed by atoms with Crippen molar-refractivity contribution < 1.29 is 18.1 Å². The van der Waals surface area contributed by atoms with Crippen LogP contribution in [0.2, 0.25) is 0 Å². The molecule has 0 radical (unpaired) electrons. The lowest BCUT2D eigenvalue weighted by Crippen LogP contribution is -2.20. The number of carbonyl (C=O) groups excluding carboxylic acids is 1. The first-order valence-electron chi connectivity index (χ1n) is 7.09. The molecule has 122 valence electrons. The van der Waals surface area contributed by atoms with Gasteiger partial charge in [-0.15, -0.1) is 0 Å². The monoisotopic (exact) mass is 335 g/mol. The Morgan fingerprint density at radius 2 is 2.00 bits per heavy atom. The standard InChI is InChI=1S/C17H18FNO3S/c1-12(15-7-2-3-8-16(15)18)23(21)11-13-5-4-6-14(9-13)22-10-17(19)20/h2-9,12H,10-11H2,1H3,(H2,19,20)/t12-,23-/m0/s1. The molecule has 0 unspecified atom stereocenters. The third kappa shape index (κ3) is 4.89. The Morgan fingerprint density at radius 3 is 2.70 bits per heavy atom. The summed E-state index contributed by atoms with van der Waals surface area (Å²) in [5.41, 5.74) is 6.25. The van der Waals surface area contributed by atoms with Gasteiger partial charge in [0.15, 0.2) is 6.61 Å². The van der Waals surface area contributed by atoms with Crippen molar-refractivity contribution in [2.24, 2.45) is 5.73 Å². The summed E-state index contributed by atoms with van der Waals surface area (Å²) in [5, 5.41) is -0.425. The van der Waals surface area contributed by atoms with Crippen molar-refractivity contribution in [3.63, 3.8) is 0 Å². The zero-order valence-electron chi connectivity index (χ0n) is 12.7.